The largest absolute Gasteiger partial charge is 0.456 e. The van der Waals surface area contributed by atoms with E-state index in [0.29, 0.717) is 11.1 Å². The third kappa shape index (κ3) is 4.28. The summed E-state index contributed by atoms with van der Waals surface area (Å²) in [6.07, 6.45) is 0. The summed E-state index contributed by atoms with van der Waals surface area (Å²) < 4.78 is 5.36. The molecule has 0 saturated heterocycles. The van der Waals surface area contributed by atoms with Crippen LogP contribution in [0.15, 0.2) is 42.5 Å². The SMILES string of the molecule is CC(=O)c1ccc(-c2ccc(C(=O)OC(C)(C)C)cc2)c(C)c1. The van der Waals surface area contributed by atoms with Crippen molar-refractivity contribution in [3.8, 4) is 11.1 Å². The highest BCUT2D eigenvalue weighted by molar-refractivity contribution is 5.95. The number of carbonyl (C=O) groups excluding carboxylic acids is 2. The zero-order valence-electron chi connectivity index (χ0n) is 14.3. The van der Waals surface area contributed by atoms with E-state index in [2.05, 4.69) is 0 Å². The van der Waals surface area contributed by atoms with Crippen LogP contribution in [0.2, 0.25) is 0 Å². The Morgan fingerprint density at radius 1 is 0.913 bits per heavy atom. The van der Waals surface area contributed by atoms with Gasteiger partial charge in [0.15, 0.2) is 5.78 Å². The predicted molar refractivity (Wildman–Crippen MR) is 91.8 cm³/mol. The molecule has 0 aliphatic heterocycles. The van der Waals surface area contributed by atoms with Crippen molar-refractivity contribution in [2.24, 2.45) is 0 Å². The lowest BCUT2D eigenvalue weighted by Crippen LogP contribution is -2.23. The van der Waals surface area contributed by atoms with E-state index in [1.54, 1.807) is 19.1 Å². The third-order valence-corrected chi connectivity index (χ3v) is 3.46. The molecule has 0 unspecified atom stereocenters. The highest BCUT2D eigenvalue weighted by Gasteiger charge is 2.17. The predicted octanol–water partition coefficient (Wildman–Crippen LogP) is 4.82. The first-order chi connectivity index (χ1) is 10.7. The molecule has 3 heteroatoms. The summed E-state index contributed by atoms with van der Waals surface area (Å²) in [6.45, 7) is 9.07. The quantitative estimate of drug-likeness (QED) is 0.603. The summed E-state index contributed by atoms with van der Waals surface area (Å²) >= 11 is 0. The number of rotatable bonds is 3. The first-order valence-corrected chi connectivity index (χ1v) is 7.63. The number of ketones is 1. The third-order valence-electron chi connectivity index (χ3n) is 3.46. The van der Waals surface area contributed by atoms with Gasteiger partial charge in [-0.05, 0) is 69.5 Å². The van der Waals surface area contributed by atoms with Crippen molar-refractivity contribution >= 4 is 11.8 Å². The van der Waals surface area contributed by atoms with Gasteiger partial charge in [-0.1, -0.05) is 24.3 Å². The standard InChI is InChI=1S/C20H22O3/c1-13-12-17(14(2)21)10-11-18(13)15-6-8-16(9-7-15)19(22)23-20(3,4)5/h6-12H,1-5H3. The molecule has 0 amide bonds. The molecule has 0 aliphatic rings. The van der Waals surface area contributed by atoms with Gasteiger partial charge in [-0.3, -0.25) is 4.79 Å². The molecular formula is C20H22O3. The van der Waals surface area contributed by atoms with Gasteiger partial charge in [0.1, 0.15) is 5.60 Å². The molecule has 0 N–H and O–H groups in total. The average Bonchev–Trinajstić information content (AvgIpc) is 2.45. The zero-order chi connectivity index (χ0) is 17.2. The summed E-state index contributed by atoms with van der Waals surface area (Å²) in [6, 6.07) is 13.0. The van der Waals surface area contributed by atoms with Crippen molar-refractivity contribution in [2.45, 2.75) is 40.2 Å². The summed E-state index contributed by atoms with van der Waals surface area (Å²) in [5.74, 6) is -0.271. The van der Waals surface area contributed by atoms with E-state index < -0.39 is 5.60 Å². The summed E-state index contributed by atoms with van der Waals surface area (Å²) in [4.78, 5) is 23.5. The maximum absolute atomic E-state index is 12.0. The van der Waals surface area contributed by atoms with Crippen molar-refractivity contribution in [3.05, 3.63) is 59.2 Å². The van der Waals surface area contributed by atoms with Crippen LogP contribution in [-0.4, -0.2) is 17.4 Å². The average molecular weight is 310 g/mol. The number of hydrogen-bond acceptors (Lipinski definition) is 3. The van der Waals surface area contributed by atoms with E-state index in [9.17, 15) is 9.59 Å². The van der Waals surface area contributed by atoms with Crippen LogP contribution in [0.4, 0.5) is 0 Å². The fraction of sp³-hybridized carbons (Fsp3) is 0.300. The first kappa shape index (κ1) is 16.9. The molecule has 2 aromatic rings. The Hall–Kier alpha value is -2.42. The van der Waals surface area contributed by atoms with Gasteiger partial charge in [0.05, 0.1) is 5.56 Å². The van der Waals surface area contributed by atoms with Crippen LogP contribution >= 0.6 is 0 Å². The van der Waals surface area contributed by atoms with Crippen LogP contribution in [0.25, 0.3) is 11.1 Å². The Morgan fingerprint density at radius 3 is 1.96 bits per heavy atom. The Morgan fingerprint density at radius 2 is 1.48 bits per heavy atom. The molecule has 2 aromatic carbocycles. The maximum Gasteiger partial charge on any atom is 0.338 e. The highest BCUT2D eigenvalue weighted by atomic mass is 16.6. The summed E-state index contributed by atoms with van der Waals surface area (Å²) in [5, 5.41) is 0. The second-order valence-electron chi connectivity index (χ2n) is 6.67. The molecule has 0 fully saturated rings. The molecule has 0 aliphatic carbocycles. The lowest BCUT2D eigenvalue weighted by molar-refractivity contribution is 0.00695. The molecule has 3 nitrogen and oxygen atoms in total. The molecule has 23 heavy (non-hydrogen) atoms. The minimum Gasteiger partial charge on any atom is -0.456 e. The first-order valence-electron chi connectivity index (χ1n) is 7.63. The van der Waals surface area contributed by atoms with E-state index >= 15 is 0 Å². The van der Waals surface area contributed by atoms with Gasteiger partial charge in [0.25, 0.3) is 0 Å². The number of Topliss-reactive ketones (excluding diaryl/α,β-unsaturated/α-hetero) is 1. The molecule has 0 radical (unpaired) electrons. The summed E-state index contributed by atoms with van der Waals surface area (Å²) in [7, 11) is 0. The number of esters is 1. The normalized spacial score (nSPS) is 11.2. The van der Waals surface area contributed by atoms with E-state index in [1.165, 1.54) is 0 Å². The van der Waals surface area contributed by atoms with E-state index in [-0.39, 0.29) is 11.8 Å². The second kappa shape index (κ2) is 6.37. The molecule has 2 rings (SSSR count). The fourth-order valence-electron chi connectivity index (χ4n) is 2.33. The Kier molecular flexibility index (Phi) is 4.69. The van der Waals surface area contributed by atoms with E-state index in [4.69, 9.17) is 4.74 Å². The van der Waals surface area contributed by atoms with Crippen LogP contribution in [-0.2, 0) is 4.74 Å². The smallest absolute Gasteiger partial charge is 0.338 e. The van der Waals surface area contributed by atoms with E-state index in [1.807, 2.05) is 58.0 Å². The minimum atomic E-state index is -0.505. The topological polar surface area (TPSA) is 43.4 Å². The van der Waals surface area contributed by atoms with Gasteiger partial charge >= 0.3 is 5.97 Å². The molecule has 0 saturated carbocycles. The van der Waals surface area contributed by atoms with Crippen LogP contribution in [0, 0.1) is 6.92 Å². The van der Waals surface area contributed by atoms with Crippen molar-refractivity contribution in [2.75, 3.05) is 0 Å². The van der Waals surface area contributed by atoms with Crippen LogP contribution < -0.4 is 0 Å². The Balaban J connectivity index is 2.26. The van der Waals surface area contributed by atoms with Crippen molar-refractivity contribution in [3.63, 3.8) is 0 Å². The van der Waals surface area contributed by atoms with Crippen molar-refractivity contribution in [1.29, 1.82) is 0 Å². The van der Waals surface area contributed by atoms with Gasteiger partial charge < -0.3 is 4.74 Å². The molecule has 0 atom stereocenters. The lowest BCUT2D eigenvalue weighted by atomic mass is 9.96. The van der Waals surface area contributed by atoms with Crippen LogP contribution in [0.5, 0.6) is 0 Å². The number of ether oxygens (including phenoxy) is 1. The lowest BCUT2D eigenvalue weighted by Gasteiger charge is -2.19. The van der Waals surface area contributed by atoms with Crippen LogP contribution in [0.1, 0.15) is 54.0 Å². The van der Waals surface area contributed by atoms with Gasteiger partial charge in [0, 0.05) is 5.56 Å². The Bertz CT molecular complexity index is 734. The summed E-state index contributed by atoms with van der Waals surface area (Å²) in [5.41, 5.74) is 3.81. The molecular weight excluding hydrogens is 288 g/mol. The number of aryl methyl sites for hydroxylation is 1. The van der Waals surface area contributed by atoms with E-state index in [0.717, 1.165) is 16.7 Å². The molecule has 0 bridgehead atoms. The maximum atomic E-state index is 12.0. The van der Waals surface area contributed by atoms with Crippen molar-refractivity contribution < 1.29 is 14.3 Å². The Labute approximate surface area is 137 Å². The van der Waals surface area contributed by atoms with Gasteiger partial charge in [-0.2, -0.15) is 0 Å². The molecule has 0 spiro atoms. The van der Waals surface area contributed by atoms with Crippen molar-refractivity contribution in [1.82, 2.24) is 0 Å². The van der Waals surface area contributed by atoms with Gasteiger partial charge in [-0.15, -0.1) is 0 Å². The molecule has 0 heterocycles. The van der Waals surface area contributed by atoms with Gasteiger partial charge in [0.2, 0.25) is 0 Å². The fourth-order valence-corrected chi connectivity index (χ4v) is 2.33. The second-order valence-corrected chi connectivity index (χ2v) is 6.67. The molecule has 120 valence electrons. The van der Waals surface area contributed by atoms with Crippen LogP contribution in [0.3, 0.4) is 0 Å². The molecule has 0 aromatic heterocycles. The number of hydrogen-bond donors (Lipinski definition) is 0. The number of carbonyl (C=O) groups is 2. The number of benzene rings is 2. The zero-order valence-corrected chi connectivity index (χ0v) is 14.3. The minimum absolute atomic E-state index is 0.0555. The van der Waals surface area contributed by atoms with Gasteiger partial charge in [-0.25, -0.2) is 4.79 Å². The monoisotopic (exact) mass is 310 g/mol. The highest BCUT2D eigenvalue weighted by Crippen LogP contribution is 2.25.